The third-order valence-corrected chi connectivity index (χ3v) is 5.15. The van der Waals surface area contributed by atoms with Crippen LogP contribution in [-0.2, 0) is 6.54 Å². The monoisotopic (exact) mass is 477 g/mol. The van der Waals surface area contributed by atoms with E-state index in [2.05, 4.69) is 26.1 Å². The summed E-state index contributed by atoms with van der Waals surface area (Å²) in [7, 11) is 2.98. The molecule has 0 aliphatic heterocycles. The van der Waals surface area contributed by atoms with Crippen LogP contribution in [0.15, 0.2) is 28.7 Å². The molecule has 0 saturated carbocycles. The molecule has 30 heavy (non-hydrogen) atoms. The van der Waals surface area contributed by atoms with Crippen molar-refractivity contribution in [3.05, 3.63) is 39.9 Å². The molecule has 0 atom stereocenters. The summed E-state index contributed by atoms with van der Waals surface area (Å²) >= 11 is 3.38. The van der Waals surface area contributed by atoms with Gasteiger partial charge in [0.1, 0.15) is 6.54 Å². The van der Waals surface area contributed by atoms with Gasteiger partial charge in [-0.3, -0.25) is 10.2 Å². The average molecular weight is 478 g/mol. The van der Waals surface area contributed by atoms with Gasteiger partial charge >= 0.3 is 0 Å². The van der Waals surface area contributed by atoms with Gasteiger partial charge in [0.05, 0.1) is 25.9 Å². The van der Waals surface area contributed by atoms with E-state index in [0.717, 1.165) is 12.8 Å². The quantitative estimate of drug-likeness (QED) is 0.474. The fourth-order valence-electron chi connectivity index (χ4n) is 3.07. The number of fused-ring (bicyclic) bond motifs is 1. The van der Waals surface area contributed by atoms with E-state index < -0.39 is 0 Å². The highest BCUT2D eigenvalue weighted by atomic mass is 79.9. The molecule has 0 spiro atoms. The number of hydrogen-bond acceptors (Lipinski definition) is 7. The number of ether oxygens (including phenoxy) is 3. The molecule has 1 aromatic carbocycles. The Morgan fingerprint density at radius 1 is 1.17 bits per heavy atom. The highest BCUT2D eigenvalue weighted by molar-refractivity contribution is 9.10. The van der Waals surface area contributed by atoms with Gasteiger partial charge in [-0.1, -0.05) is 29.8 Å². The zero-order valence-electron chi connectivity index (χ0n) is 17.3. The summed E-state index contributed by atoms with van der Waals surface area (Å²) in [6, 6.07) is 6.80. The first-order chi connectivity index (χ1) is 14.4. The number of nitrogens with one attached hydrogen (secondary N) is 1. The molecule has 3 aromatic rings. The van der Waals surface area contributed by atoms with Gasteiger partial charge in [-0.2, -0.15) is 4.52 Å². The van der Waals surface area contributed by atoms with Crippen molar-refractivity contribution >= 4 is 27.4 Å². The molecule has 0 unspecified atom stereocenters. The summed E-state index contributed by atoms with van der Waals surface area (Å²) in [5.74, 6) is 0.910. The van der Waals surface area contributed by atoms with Crippen LogP contribution < -0.4 is 19.8 Å². The van der Waals surface area contributed by atoms with Crippen LogP contribution in [0, 0.1) is 5.41 Å². The minimum Gasteiger partial charge on any atom is -0.493 e. The number of Topliss-reactive ketones (excluding diaryl/α,β-unsaturated/α-hetero) is 1. The summed E-state index contributed by atoms with van der Waals surface area (Å²) in [6.07, 6.45) is 1.78. The van der Waals surface area contributed by atoms with Crippen molar-refractivity contribution in [2.75, 3.05) is 14.2 Å². The Bertz CT molecular complexity index is 1120. The smallest absolute Gasteiger partial charge is 0.242 e. The van der Waals surface area contributed by atoms with Crippen molar-refractivity contribution in [3.8, 4) is 17.4 Å². The minimum atomic E-state index is -0.276. The van der Waals surface area contributed by atoms with Gasteiger partial charge in [0.15, 0.2) is 22.9 Å². The molecule has 0 aliphatic rings. The Labute approximate surface area is 182 Å². The van der Waals surface area contributed by atoms with Gasteiger partial charge in [-0.05, 0) is 31.0 Å². The van der Waals surface area contributed by atoms with E-state index in [1.165, 1.54) is 23.4 Å². The van der Waals surface area contributed by atoms with Crippen LogP contribution in [0.3, 0.4) is 0 Å². The van der Waals surface area contributed by atoms with Crippen molar-refractivity contribution in [2.45, 2.75) is 39.3 Å². The summed E-state index contributed by atoms with van der Waals surface area (Å²) in [6.45, 7) is 3.94. The maximum absolute atomic E-state index is 13.0. The van der Waals surface area contributed by atoms with Crippen LogP contribution >= 0.6 is 15.9 Å². The number of aromatic nitrogens is 4. The van der Waals surface area contributed by atoms with E-state index in [1.807, 2.05) is 13.8 Å². The summed E-state index contributed by atoms with van der Waals surface area (Å²) in [5.41, 5.74) is 0.746. The minimum absolute atomic E-state index is 0.0331. The maximum Gasteiger partial charge on any atom is 0.242 e. The Morgan fingerprint density at radius 2 is 1.90 bits per heavy atom. The first-order valence-corrected chi connectivity index (χ1v) is 10.3. The summed E-state index contributed by atoms with van der Waals surface area (Å²) in [4.78, 5) is 13.0. The first kappa shape index (κ1) is 21.8. The number of methoxy groups -OCH3 is 2. The number of carbonyl (C=O) groups excluding carboxylic acids is 1. The lowest BCUT2D eigenvalue weighted by Crippen LogP contribution is -2.26. The molecule has 2 heterocycles. The fraction of sp³-hybridized carbons (Fsp3) is 0.400. The van der Waals surface area contributed by atoms with Gasteiger partial charge in [0.2, 0.25) is 11.5 Å². The van der Waals surface area contributed by atoms with Gasteiger partial charge in [0, 0.05) is 10.5 Å². The highest BCUT2D eigenvalue weighted by Crippen LogP contribution is 2.35. The lowest BCUT2D eigenvalue weighted by atomic mass is 10.1. The zero-order chi connectivity index (χ0) is 21.8. The Hall–Kier alpha value is -2.88. The van der Waals surface area contributed by atoms with Crippen LogP contribution in [0.1, 0.15) is 37.0 Å². The molecule has 2 aromatic heterocycles. The van der Waals surface area contributed by atoms with E-state index in [1.54, 1.807) is 24.3 Å². The third kappa shape index (κ3) is 4.33. The van der Waals surface area contributed by atoms with Gasteiger partial charge in [-0.25, -0.2) is 4.68 Å². The normalized spacial score (nSPS) is 11.1. The number of ketones is 1. The Kier molecular flexibility index (Phi) is 6.76. The average Bonchev–Trinajstić information content (AvgIpc) is 3.06. The third-order valence-electron chi connectivity index (χ3n) is 4.69. The van der Waals surface area contributed by atoms with Crippen LogP contribution in [0.25, 0.3) is 5.65 Å². The SMILES string of the molecule is CCC(CC)Oc1ccc2nn(CC(=O)c3cc(Br)cc(OC)c3OC)c(=N)n2n1. The molecular formula is C20H24BrN5O4. The van der Waals surface area contributed by atoms with Crippen LogP contribution in [-0.4, -0.2) is 45.5 Å². The molecule has 0 aliphatic carbocycles. The van der Waals surface area contributed by atoms with Gasteiger partial charge in [-0.15, -0.1) is 10.2 Å². The molecule has 0 saturated heterocycles. The van der Waals surface area contributed by atoms with Crippen molar-refractivity contribution in [1.82, 2.24) is 19.4 Å². The summed E-state index contributed by atoms with van der Waals surface area (Å²) in [5, 5.41) is 17.1. The lowest BCUT2D eigenvalue weighted by molar-refractivity contribution is 0.0962. The van der Waals surface area contributed by atoms with Crippen molar-refractivity contribution in [1.29, 1.82) is 5.41 Å². The van der Waals surface area contributed by atoms with E-state index in [4.69, 9.17) is 19.6 Å². The van der Waals surface area contributed by atoms with Crippen LogP contribution in [0.4, 0.5) is 0 Å². The van der Waals surface area contributed by atoms with E-state index >= 15 is 0 Å². The number of nitrogens with zero attached hydrogens (tertiary/aromatic N) is 4. The van der Waals surface area contributed by atoms with E-state index in [9.17, 15) is 4.79 Å². The number of rotatable bonds is 9. The molecule has 160 valence electrons. The van der Waals surface area contributed by atoms with Gasteiger partial charge < -0.3 is 14.2 Å². The largest absolute Gasteiger partial charge is 0.493 e. The molecular weight excluding hydrogens is 454 g/mol. The fourth-order valence-corrected chi connectivity index (χ4v) is 3.51. The maximum atomic E-state index is 13.0. The second-order valence-corrected chi connectivity index (χ2v) is 7.51. The number of benzene rings is 1. The highest BCUT2D eigenvalue weighted by Gasteiger charge is 2.20. The van der Waals surface area contributed by atoms with Crippen molar-refractivity contribution < 1.29 is 19.0 Å². The first-order valence-electron chi connectivity index (χ1n) is 9.54. The molecule has 0 amide bonds. The predicted molar refractivity (Wildman–Crippen MR) is 113 cm³/mol. The summed E-state index contributed by atoms with van der Waals surface area (Å²) < 4.78 is 19.8. The van der Waals surface area contributed by atoms with Gasteiger partial charge in [0.25, 0.3) is 0 Å². The standard InChI is InChI=1S/C20H24BrN5O4/c1-5-13(6-2)30-18-8-7-17-23-25(20(22)26(17)24-18)11-15(27)14-9-12(21)10-16(28-3)19(14)29-4/h7-10,13,22H,5-6,11H2,1-4H3. The number of hydrogen-bond donors (Lipinski definition) is 1. The van der Waals surface area contributed by atoms with Crippen LogP contribution in [0.2, 0.25) is 0 Å². The molecule has 0 bridgehead atoms. The Morgan fingerprint density at radius 3 is 2.53 bits per heavy atom. The molecule has 3 rings (SSSR count). The molecule has 1 N–H and O–H groups in total. The lowest BCUT2D eigenvalue weighted by Gasteiger charge is -2.14. The topological polar surface area (TPSA) is 104 Å². The molecule has 9 nitrogen and oxygen atoms in total. The number of halogens is 1. The van der Waals surface area contributed by atoms with E-state index in [-0.39, 0.29) is 24.1 Å². The number of carbonyl (C=O) groups is 1. The molecule has 0 radical (unpaired) electrons. The zero-order valence-corrected chi connectivity index (χ0v) is 18.9. The van der Waals surface area contributed by atoms with Crippen molar-refractivity contribution in [2.24, 2.45) is 0 Å². The second-order valence-electron chi connectivity index (χ2n) is 6.59. The van der Waals surface area contributed by atoms with E-state index in [0.29, 0.717) is 33.1 Å². The predicted octanol–water partition coefficient (Wildman–Crippen LogP) is 3.24. The molecule has 0 fully saturated rings. The second kappa shape index (κ2) is 9.29. The molecule has 10 heteroatoms. The van der Waals surface area contributed by atoms with Crippen molar-refractivity contribution in [3.63, 3.8) is 0 Å². The van der Waals surface area contributed by atoms with Crippen LogP contribution in [0.5, 0.6) is 17.4 Å². The Balaban J connectivity index is 1.93.